The van der Waals surface area contributed by atoms with Crippen molar-refractivity contribution in [2.45, 2.75) is 32.4 Å². The number of nitrogens with zero attached hydrogens (tertiary/aromatic N) is 3. The minimum absolute atomic E-state index is 0.385. The van der Waals surface area contributed by atoms with E-state index in [2.05, 4.69) is 50.8 Å². The molecule has 0 radical (unpaired) electrons. The Labute approximate surface area is 201 Å². The molecule has 1 saturated heterocycles. The third-order valence-electron chi connectivity index (χ3n) is 5.96. The number of aryl methyl sites for hydroxylation is 1. The Bertz CT molecular complexity index is 1060. The van der Waals surface area contributed by atoms with Crippen LogP contribution in [0.5, 0.6) is 17.2 Å². The number of methoxy groups -OCH3 is 3. The van der Waals surface area contributed by atoms with Gasteiger partial charge in [0.05, 0.1) is 21.3 Å². The molecule has 2 heterocycles. The molecule has 34 heavy (non-hydrogen) atoms. The zero-order chi connectivity index (χ0) is 23.9. The summed E-state index contributed by atoms with van der Waals surface area (Å²) in [6, 6.07) is 16.7. The van der Waals surface area contributed by atoms with E-state index in [9.17, 15) is 0 Å². The second-order valence-corrected chi connectivity index (χ2v) is 8.44. The second-order valence-electron chi connectivity index (χ2n) is 8.44. The maximum Gasteiger partial charge on any atom is 0.229 e. The average molecular weight is 464 g/mol. The van der Waals surface area contributed by atoms with Crippen LogP contribution < -0.4 is 24.8 Å². The average Bonchev–Trinajstić information content (AvgIpc) is 2.85. The number of nitrogens with one attached hydrogen (secondary N) is 2. The first-order chi connectivity index (χ1) is 16.6. The van der Waals surface area contributed by atoms with Gasteiger partial charge in [-0.2, -0.15) is 4.98 Å². The van der Waals surface area contributed by atoms with Gasteiger partial charge in [-0.05, 0) is 25.3 Å². The van der Waals surface area contributed by atoms with Gasteiger partial charge in [-0.25, -0.2) is 4.98 Å². The zero-order valence-electron chi connectivity index (χ0n) is 20.3. The van der Waals surface area contributed by atoms with Gasteiger partial charge in [-0.3, -0.25) is 4.90 Å². The van der Waals surface area contributed by atoms with Crippen LogP contribution >= 0.6 is 0 Å². The summed E-state index contributed by atoms with van der Waals surface area (Å²) in [5.74, 6) is 3.01. The van der Waals surface area contributed by atoms with Crippen molar-refractivity contribution in [3.8, 4) is 17.2 Å². The van der Waals surface area contributed by atoms with Gasteiger partial charge in [0.1, 0.15) is 5.82 Å². The fraction of sp³-hybridized carbons (Fsp3) is 0.385. The van der Waals surface area contributed by atoms with Crippen molar-refractivity contribution in [2.24, 2.45) is 0 Å². The smallest absolute Gasteiger partial charge is 0.229 e. The molecule has 0 aliphatic carbocycles. The van der Waals surface area contributed by atoms with Crippen molar-refractivity contribution in [1.29, 1.82) is 0 Å². The molecule has 3 aromatic rings. The number of hydrogen-bond donors (Lipinski definition) is 2. The van der Waals surface area contributed by atoms with Gasteiger partial charge < -0.3 is 24.8 Å². The van der Waals surface area contributed by atoms with Crippen LogP contribution in [0.4, 0.5) is 17.5 Å². The minimum atomic E-state index is 0.385. The lowest BCUT2D eigenvalue weighted by Gasteiger charge is -2.32. The molecule has 0 bridgehead atoms. The van der Waals surface area contributed by atoms with E-state index in [0.29, 0.717) is 29.2 Å². The van der Waals surface area contributed by atoms with E-state index in [4.69, 9.17) is 19.2 Å². The molecule has 0 unspecified atom stereocenters. The lowest BCUT2D eigenvalue weighted by molar-refractivity contribution is 0.211. The first-order valence-corrected chi connectivity index (χ1v) is 11.5. The Morgan fingerprint density at radius 2 is 1.59 bits per heavy atom. The Balaban J connectivity index is 1.40. The summed E-state index contributed by atoms with van der Waals surface area (Å²) in [5.41, 5.74) is 3.00. The fourth-order valence-electron chi connectivity index (χ4n) is 4.27. The summed E-state index contributed by atoms with van der Waals surface area (Å²) in [4.78, 5) is 11.8. The van der Waals surface area contributed by atoms with Crippen LogP contribution in [0.15, 0.2) is 48.5 Å². The third kappa shape index (κ3) is 5.88. The molecule has 4 rings (SSSR count). The number of piperidine rings is 1. The summed E-state index contributed by atoms with van der Waals surface area (Å²) in [6.45, 7) is 5.10. The summed E-state index contributed by atoms with van der Waals surface area (Å²) in [5, 5.41) is 6.88. The largest absolute Gasteiger partial charge is 0.493 e. The van der Waals surface area contributed by atoms with Crippen LogP contribution in [0, 0.1) is 6.92 Å². The lowest BCUT2D eigenvalue weighted by Crippen LogP contribution is -2.38. The predicted octanol–water partition coefficient (Wildman–Crippen LogP) is 4.63. The van der Waals surface area contributed by atoms with Gasteiger partial charge in [-0.1, -0.05) is 30.3 Å². The first kappa shape index (κ1) is 23.6. The maximum absolute atomic E-state index is 5.45. The Hall–Kier alpha value is -3.52. The molecule has 1 fully saturated rings. The Morgan fingerprint density at radius 3 is 2.21 bits per heavy atom. The van der Waals surface area contributed by atoms with Crippen LogP contribution in [0.25, 0.3) is 0 Å². The maximum atomic E-state index is 5.45. The molecule has 1 aromatic heterocycles. The molecule has 2 N–H and O–H groups in total. The van der Waals surface area contributed by atoms with Crippen LogP contribution in [-0.4, -0.2) is 55.3 Å². The number of anilines is 3. The molecular formula is C26H33N5O3. The van der Waals surface area contributed by atoms with Crippen molar-refractivity contribution in [3.63, 3.8) is 0 Å². The van der Waals surface area contributed by atoms with Crippen molar-refractivity contribution in [3.05, 3.63) is 59.8 Å². The molecule has 180 valence electrons. The number of aromatic nitrogens is 2. The summed E-state index contributed by atoms with van der Waals surface area (Å²) < 4.78 is 16.3. The Morgan fingerprint density at radius 1 is 0.912 bits per heavy atom. The monoisotopic (exact) mass is 463 g/mol. The summed E-state index contributed by atoms with van der Waals surface area (Å²) in [7, 11) is 4.77. The number of rotatable bonds is 9. The lowest BCUT2D eigenvalue weighted by atomic mass is 10.0. The van der Waals surface area contributed by atoms with E-state index < -0.39 is 0 Å². The van der Waals surface area contributed by atoms with Crippen LogP contribution in [0.2, 0.25) is 0 Å². The molecule has 8 nitrogen and oxygen atoms in total. The molecule has 0 saturated carbocycles. The highest BCUT2D eigenvalue weighted by atomic mass is 16.5. The number of likely N-dealkylation sites (tertiary alicyclic amines) is 1. The number of ether oxygens (including phenoxy) is 3. The van der Waals surface area contributed by atoms with Gasteiger partial charge in [-0.15, -0.1) is 0 Å². The molecule has 2 aromatic carbocycles. The van der Waals surface area contributed by atoms with Crippen LogP contribution in [0.1, 0.15) is 24.1 Å². The number of hydrogen-bond acceptors (Lipinski definition) is 8. The van der Waals surface area contributed by atoms with Gasteiger partial charge in [0.25, 0.3) is 0 Å². The summed E-state index contributed by atoms with van der Waals surface area (Å²) in [6.07, 6.45) is 2.15. The molecule has 0 spiro atoms. The SMILES string of the molecule is COc1cc(Nc2nc(C)cc(NC3CCN(Cc4ccccc4)CC3)n2)cc(OC)c1OC. The summed E-state index contributed by atoms with van der Waals surface area (Å²) >= 11 is 0. The fourth-order valence-corrected chi connectivity index (χ4v) is 4.27. The van der Waals surface area contributed by atoms with Gasteiger partial charge in [0.15, 0.2) is 11.5 Å². The van der Waals surface area contributed by atoms with E-state index in [1.54, 1.807) is 21.3 Å². The molecule has 0 amide bonds. The predicted molar refractivity (Wildman–Crippen MR) is 135 cm³/mol. The first-order valence-electron chi connectivity index (χ1n) is 11.5. The van der Waals surface area contributed by atoms with E-state index in [1.807, 2.05) is 25.1 Å². The second kappa shape index (κ2) is 11.1. The number of benzene rings is 2. The highest BCUT2D eigenvalue weighted by Crippen LogP contribution is 2.40. The highest BCUT2D eigenvalue weighted by Gasteiger charge is 2.20. The van der Waals surface area contributed by atoms with Gasteiger partial charge in [0.2, 0.25) is 11.7 Å². The van der Waals surface area contributed by atoms with E-state index >= 15 is 0 Å². The van der Waals surface area contributed by atoms with Crippen molar-refractivity contribution >= 4 is 17.5 Å². The van der Waals surface area contributed by atoms with Gasteiger partial charge >= 0.3 is 0 Å². The Kier molecular flexibility index (Phi) is 7.69. The third-order valence-corrected chi connectivity index (χ3v) is 5.96. The quantitative estimate of drug-likeness (QED) is 0.475. The standard InChI is InChI=1S/C26H33N5O3/c1-18-14-24(28-20-10-12-31(13-11-20)17-19-8-6-5-7-9-19)30-26(27-18)29-21-15-22(32-2)25(34-4)23(16-21)33-3/h5-9,14-16,20H,10-13,17H2,1-4H3,(H2,27,28,29,30). The minimum Gasteiger partial charge on any atom is -0.493 e. The van der Waals surface area contributed by atoms with Crippen molar-refractivity contribution < 1.29 is 14.2 Å². The zero-order valence-corrected chi connectivity index (χ0v) is 20.3. The molecule has 1 aliphatic rings. The van der Waals surface area contributed by atoms with Crippen LogP contribution in [0.3, 0.4) is 0 Å². The highest BCUT2D eigenvalue weighted by molar-refractivity contribution is 5.66. The van der Waals surface area contributed by atoms with Crippen LogP contribution in [-0.2, 0) is 6.54 Å². The van der Waals surface area contributed by atoms with Crippen molar-refractivity contribution in [2.75, 3.05) is 45.1 Å². The van der Waals surface area contributed by atoms with E-state index in [1.165, 1.54) is 5.56 Å². The topological polar surface area (TPSA) is 80.8 Å². The molecular weight excluding hydrogens is 430 g/mol. The van der Waals surface area contributed by atoms with E-state index in [-0.39, 0.29) is 0 Å². The molecule has 8 heteroatoms. The molecule has 0 atom stereocenters. The normalized spacial score (nSPS) is 14.5. The van der Waals surface area contributed by atoms with E-state index in [0.717, 1.165) is 49.7 Å². The van der Waals surface area contributed by atoms with Crippen molar-refractivity contribution in [1.82, 2.24) is 14.9 Å². The van der Waals surface area contributed by atoms with Gasteiger partial charge in [0, 0.05) is 55.3 Å². The molecule has 1 aliphatic heterocycles.